The van der Waals surface area contributed by atoms with Crippen molar-refractivity contribution in [3.63, 3.8) is 0 Å². The van der Waals surface area contributed by atoms with E-state index in [2.05, 4.69) is 17.3 Å². The monoisotopic (exact) mass is 224 g/mol. The van der Waals surface area contributed by atoms with Gasteiger partial charge >= 0.3 is 0 Å². The lowest BCUT2D eigenvalue weighted by atomic mass is 10.1. The van der Waals surface area contributed by atoms with Crippen LogP contribution in [0.4, 0.5) is 5.69 Å². The van der Waals surface area contributed by atoms with Crippen molar-refractivity contribution in [1.82, 2.24) is 4.90 Å². The SMILES string of the molecule is CN1CCCC(Nc2ccccc2Cl)C1. The molecule has 0 saturated carbocycles. The molecule has 3 heteroatoms. The number of para-hydroxylation sites is 1. The number of piperidine rings is 1. The molecular weight excluding hydrogens is 208 g/mol. The molecule has 0 aliphatic carbocycles. The van der Waals surface area contributed by atoms with E-state index in [1.165, 1.54) is 19.4 Å². The normalized spacial score (nSPS) is 22.7. The Kier molecular flexibility index (Phi) is 3.49. The van der Waals surface area contributed by atoms with E-state index in [1.807, 2.05) is 24.3 Å². The zero-order chi connectivity index (χ0) is 10.7. The average Bonchev–Trinajstić information content (AvgIpc) is 2.22. The molecule has 15 heavy (non-hydrogen) atoms. The van der Waals surface area contributed by atoms with Gasteiger partial charge in [-0.05, 0) is 38.6 Å². The van der Waals surface area contributed by atoms with Crippen LogP contribution in [0.5, 0.6) is 0 Å². The third kappa shape index (κ3) is 2.86. The fourth-order valence-corrected chi connectivity index (χ4v) is 2.27. The third-order valence-electron chi connectivity index (χ3n) is 2.86. The number of likely N-dealkylation sites (tertiary alicyclic amines) is 1. The molecule has 0 aromatic heterocycles. The fraction of sp³-hybridized carbons (Fsp3) is 0.500. The van der Waals surface area contributed by atoms with Crippen LogP contribution < -0.4 is 5.32 Å². The molecule has 1 aromatic rings. The molecule has 1 atom stereocenters. The second-order valence-electron chi connectivity index (χ2n) is 4.23. The molecule has 82 valence electrons. The lowest BCUT2D eigenvalue weighted by Gasteiger charge is -2.31. The molecule has 1 N–H and O–H groups in total. The Bertz CT molecular complexity index is 327. The van der Waals surface area contributed by atoms with Crippen LogP contribution in [0.1, 0.15) is 12.8 Å². The summed E-state index contributed by atoms with van der Waals surface area (Å²) in [6.45, 7) is 2.31. The summed E-state index contributed by atoms with van der Waals surface area (Å²) in [5.74, 6) is 0. The third-order valence-corrected chi connectivity index (χ3v) is 3.19. The molecule has 1 saturated heterocycles. The van der Waals surface area contributed by atoms with E-state index in [0.717, 1.165) is 17.3 Å². The van der Waals surface area contributed by atoms with Crippen molar-refractivity contribution in [3.8, 4) is 0 Å². The molecule has 1 aliphatic rings. The molecule has 1 unspecified atom stereocenters. The first kappa shape index (κ1) is 10.8. The number of hydrogen-bond donors (Lipinski definition) is 1. The molecule has 1 heterocycles. The molecule has 0 radical (unpaired) electrons. The number of nitrogens with one attached hydrogen (secondary N) is 1. The van der Waals surface area contributed by atoms with E-state index in [1.54, 1.807) is 0 Å². The Labute approximate surface area is 96.2 Å². The fourth-order valence-electron chi connectivity index (χ4n) is 2.08. The van der Waals surface area contributed by atoms with Crippen LogP contribution >= 0.6 is 11.6 Å². The first-order chi connectivity index (χ1) is 7.25. The van der Waals surface area contributed by atoms with E-state index in [4.69, 9.17) is 11.6 Å². The van der Waals surface area contributed by atoms with Crippen molar-refractivity contribution in [2.24, 2.45) is 0 Å². The van der Waals surface area contributed by atoms with E-state index >= 15 is 0 Å². The Hall–Kier alpha value is -0.730. The number of anilines is 1. The summed E-state index contributed by atoms with van der Waals surface area (Å²) < 4.78 is 0. The number of rotatable bonds is 2. The molecular formula is C12H17ClN2. The Balaban J connectivity index is 1.99. The quantitative estimate of drug-likeness (QED) is 0.831. The smallest absolute Gasteiger partial charge is 0.0637 e. The van der Waals surface area contributed by atoms with Crippen LogP contribution in [0, 0.1) is 0 Å². The second-order valence-corrected chi connectivity index (χ2v) is 4.63. The molecule has 2 rings (SSSR count). The van der Waals surface area contributed by atoms with E-state index < -0.39 is 0 Å². The number of nitrogens with zero attached hydrogens (tertiary/aromatic N) is 1. The Morgan fingerprint density at radius 1 is 1.40 bits per heavy atom. The highest BCUT2D eigenvalue weighted by atomic mass is 35.5. The van der Waals surface area contributed by atoms with E-state index in [-0.39, 0.29) is 0 Å². The van der Waals surface area contributed by atoms with Gasteiger partial charge in [0.25, 0.3) is 0 Å². The summed E-state index contributed by atoms with van der Waals surface area (Å²) in [6, 6.07) is 8.47. The highest BCUT2D eigenvalue weighted by molar-refractivity contribution is 6.33. The van der Waals surface area contributed by atoms with Crippen LogP contribution in [0.3, 0.4) is 0 Å². The van der Waals surface area contributed by atoms with Crippen LogP contribution in [-0.2, 0) is 0 Å². The second kappa shape index (κ2) is 4.86. The number of benzene rings is 1. The van der Waals surface area contributed by atoms with Crippen molar-refractivity contribution >= 4 is 17.3 Å². The summed E-state index contributed by atoms with van der Waals surface area (Å²) in [7, 11) is 2.17. The molecule has 2 nitrogen and oxygen atoms in total. The predicted molar refractivity (Wildman–Crippen MR) is 65.6 cm³/mol. The maximum Gasteiger partial charge on any atom is 0.0637 e. The summed E-state index contributed by atoms with van der Waals surface area (Å²) in [5, 5.41) is 4.32. The lowest BCUT2D eigenvalue weighted by molar-refractivity contribution is 0.261. The van der Waals surface area contributed by atoms with Gasteiger partial charge in [0.05, 0.1) is 10.7 Å². The largest absolute Gasteiger partial charge is 0.380 e. The standard InChI is InChI=1S/C12H17ClN2/c1-15-8-4-5-10(9-15)14-12-7-3-2-6-11(12)13/h2-3,6-7,10,14H,4-5,8-9H2,1H3. The van der Waals surface area contributed by atoms with Gasteiger partial charge in [0, 0.05) is 12.6 Å². The molecule has 1 aliphatic heterocycles. The van der Waals surface area contributed by atoms with E-state index in [0.29, 0.717) is 6.04 Å². The van der Waals surface area contributed by atoms with Crippen molar-refractivity contribution in [2.75, 3.05) is 25.5 Å². The van der Waals surface area contributed by atoms with Gasteiger partial charge < -0.3 is 10.2 Å². The zero-order valence-electron chi connectivity index (χ0n) is 9.04. The summed E-state index contributed by atoms with van der Waals surface area (Å²) >= 11 is 6.10. The highest BCUT2D eigenvalue weighted by Gasteiger charge is 2.17. The van der Waals surface area contributed by atoms with Gasteiger partial charge in [-0.15, -0.1) is 0 Å². The van der Waals surface area contributed by atoms with Crippen LogP contribution in [0.2, 0.25) is 5.02 Å². The minimum absolute atomic E-state index is 0.531. The minimum Gasteiger partial charge on any atom is -0.380 e. The maximum atomic E-state index is 6.10. The first-order valence-corrected chi connectivity index (χ1v) is 5.83. The highest BCUT2D eigenvalue weighted by Crippen LogP contribution is 2.23. The van der Waals surface area contributed by atoms with Crippen LogP contribution in [0.25, 0.3) is 0 Å². The predicted octanol–water partition coefficient (Wildman–Crippen LogP) is 2.85. The van der Waals surface area contributed by atoms with Gasteiger partial charge in [0.2, 0.25) is 0 Å². The molecule has 1 aromatic carbocycles. The van der Waals surface area contributed by atoms with Gasteiger partial charge in [-0.3, -0.25) is 0 Å². The summed E-state index contributed by atoms with van der Waals surface area (Å²) in [5.41, 5.74) is 1.06. The van der Waals surface area contributed by atoms with Gasteiger partial charge in [-0.1, -0.05) is 23.7 Å². The van der Waals surface area contributed by atoms with Crippen molar-refractivity contribution in [2.45, 2.75) is 18.9 Å². The van der Waals surface area contributed by atoms with Gasteiger partial charge in [-0.2, -0.15) is 0 Å². The maximum absolute atomic E-state index is 6.10. The van der Waals surface area contributed by atoms with Crippen molar-refractivity contribution < 1.29 is 0 Å². The molecule has 0 spiro atoms. The average molecular weight is 225 g/mol. The Morgan fingerprint density at radius 2 is 2.20 bits per heavy atom. The molecule has 1 fully saturated rings. The van der Waals surface area contributed by atoms with Gasteiger partial charge in [-0.25, -0.2) is 0 Å². The zero-order valence-corrected chi connectivity index (χ0v) is 9.80. The molecule has 0 bridgehead atoms. The molecule has 0 amide bonds. The van der Waals surface area contributed by atoms with Crippen LogP contribution in [-0.4, -0.2) is 31.1 Å². The van der Waals surface area contributed by atoms with E-state index in [9.17, 15) is 0 Å². The summed E-state index contributed by atoms with van der Waals surface area (Å²) in [4.78, 5) is 2.36. The van der Waals surface area contributed by atoms with Crippen LogP contribution in [0.15, 0.2) is 24.3 Å². The topological polar surface area (TPSA) is 15.3 Å². The summed E-state index contributed by atoms with van der Waals surface area (Å²) in [6.07, 6.45) is 2.49. The number of halogens is 1. The minimum atomic E-state index is 0.531. The number of hydrogen-bond acceptors (Lipinski definition) is 2. The van der Waals surface area contributed by atoms with Gasteiger partial charge in [0.1, 0.15) is 0 Å². The van der Waals surface area contributed by atoms with Gasteiger partial charge in [0.15, 0.2) is 0 Å². The first-order valence-electron chi connectivity index (χ1n) is 5.45. The van der Waals surface area contributed by atoms with Crippen molar-refractivity contribution in [1.29, 1.82) is 0 Å². The lowest BCUT2D eigenvalue weighted by Crippen LogP contribution is -2.39. The van der Waals surface area contributed by atoms with Crippen molar-refractivity contribution in [3.05, 3.63) is 29.3 Å². The number of likely N-dealkylation sites (N-methyl/N-ethyl adjacent to an activating group) is 1. The Morgan fingerprint density at radius 3 is 2.93 bits per heavy atom.